The number of anilines is 2. The van der Waals surface area contributed by atoms with Crippen molar-refractivity contribution in [3.8, 4) is 17.1 Å². The van der Waals surface area contributed by atoms with Gasteiger partial charge in [0.1, 0.15) is 16.9 Å². The standard InChI is InChI=1S/C15H14F2N8O.C8H15F2N/c1-6-20-9-3-2-8(21-14(9)24(6)5-10(16)17)7-4-11(26)25-12(7)13(18)22-15(19)23-25;1-3-11-5-4-7(2)8(9,10)6-11/h2-4,10,26H,5H2,1H3,(H4,18,19,22,23);7H,3-6H2,1-2H3. The van der Waals surface area contributed by atoms with Crippen molar-refractivity contribution in [3.63, 3.8) is 0 Å². The van der Waals surface area contributed by atoms with Crippen molar-refractivity contribution < 1.29 is 22.7 Å². The number of hydrogen-bond acceptors (Lipinski definition) is 8. The quantitative estimate of drug-likeness (QED) is 0.346. The van der Waals surface area contributed by atoms with Crippen LogP contribution in [0.2, 0.25) is 0 Å². The summed E-state index contributed by atoms with van der Waals surface area (Å²) < 4.78 is 54.2. The number of nitrogens with two attached hydrogens (primary N) is 2. The first-order valence-corrected chi connectivity index (χ1v) is 11.8. The Bertz CT molecular complexity index is 1420. The average Bonchev–Trinajstić information content (AvgIpc) is 3.32. The predicted molar refractivity (Wildman–Crippen MR) is 132 cm³/mol. The van der Waals surface area contributed by atoms with E-state index in [-0.39, 0.29) is 24.2 Å². The van der Waals surface area contributed by atoms with E-state index in [4.69, 9.17) is 11.5 Å². The Kier molecular flexibility index (Phi) is 7.13. The van der Waals surface area contributed by atoms with Gasteiger partial charge in [-0.3, -0.25) is 4.90 Å². The molecule has 1 aliphatic heterocycles. The summed E-state index contributed by atoms with van der Waals surface area (Å²) in [4.78, 5) is 14.4. The number of nitrogen functional groups attached to an aromatic ring is 2. The van der Waals surface area contributed by atoms with Crippen molar-refractivity contribution in [2.24, 2.45) is 5.92 Å². The highest BCUT2D eigenvalue weighted by Crippen LogP contribution is 2.34. The van der Waals surface area contributed by atoms with Crippen molar-refractivity contribution in [3.05, 3.63) is 24.0 Å². The van der Waals surface area contributed by atoms with Crippen LogP contribution in [0.5, 0.6) is 5.88 Å². The zero-order valence-corrected chi connectivity index (χ0v) is 20.7. The molecule has 0 amide bonds. The number of imidazole rings is 1. The van der Waals surface area contributed by atoms with Gasteiger partial charge in [-0.2, -0.15) is 9.50 Å². The second kappa shape index (κ2) is 10.00. The lowest BCUT2D eigenvalue weighted by atomic mass is 9.95. The summed E-state index contributed by atoms with van der Waals surface area (Å²) in [5.41, 5.74) is 13.4. The fraction of sp³-hybridized carbons (Fsp3) is 0.478. The first kappa shape index (κ1) is 26.4. The summed E-state index contributed by atoms with van der Waals surface area (Å²) >= 11 is 0. The minimum atomic E-state index is -2.54. The van der Waals surface area contributed by atoms with Crippen LogP contribution in [-0.2, 0) is 6.54 Å². The predicted octanol–water partition coefficient (Wildman–Crippen LogP) is 3.57. The number of hydrogen-bond donors (Lipinski definition) is 3. The van der Waals surface area contributed by atoms with E-state index in [9.17, 15) is 22.7 Å². The number of piperidine rings is 1. The minimum absolute atomic E-state index is 0.0509. The highest BCUT2D eigenvalue weighted by atomic mass is 19.3. The fourth-order valence-corrected chi connectivity index (χ4v) is 4.34. The van der Waals surface area contributed by atoms with E-state index < -0.39 is 24.8 Å². The normalized spacial score (nSPS) is 17.9. The molecule has 1 aliphatic rings. The number of rotatable bonds is 4. The van der Waals surface area contributed by atoms with Crippen molar-refractivity contribution >= 4 is 28.4 Å². The lowest BCUT2D eigenvalue weighted by Crippen LogP contribution is -2.47. The van der Waals surface area contributed by atoms with Crippen LogP contribution >= 0.6 is 0 Å². The summed E-state index contributed by atoms with van der Waals surface area (Å²) in [6, 6.07) is 4.74. The third kappa shape index (κ3) is 5.24. The summed E-state index contributed by atoms with van der Waals surface area (Å²) in [7, 11) is 0. The van der Waals surface area contributed by atoms with Crippen molar-refractivity contribution in [2.45, 2.75) is 46.1 Å². The van der Waals surface area contributed by atoms with E-state index in [0.717, 1.165) is 17.6 Å². The number of alkyl halides is 4. The molecule has 200 valence electrons. The van der Waals surface area contributed by atoms with Crippen LogP contribution in [-0.4, -0.2) is 71.1 Å². The van der Waals surface area contributed by atoms with Crippen LogP contribution < -0.4 is 11.5 Å². The maximum Gasteiger partial charge on any atom is 0.263 e. The van der Waals surface area contributed by atoms with Crippen LogP contribution in [0.15, 0.2) is 18.2 Å². The Morgan fingerprint density at radius 1 is 1.19 bits per heavy atom. The van der Waals surface area contributed by atoms with Gasteiger partial charge in [0, 0.05) is 17.5 Å². The molecular formula is C23H29F4N9O. The summed E-state index contributed by atoms with van der Waals surface area (Å²) in [6.07, 6.45) is -1.91. The van der Waals surface area contributed by atoms with Gasteiger partial charge in [0.15, 0.2) is 11.5 Å². The fourth-order valence-electron chi connectivity index (χ4n) is 4.34. The monoisotopic (exact) mass is 523 g/mol. The molecule has 0 spiro atoms. The van der Waals surface area contributed by atoms with Gasteiger partial charge in [0.2, 0.25) is 11.8 Å². The molecule has 14 heteroatoms. The Balaban J connectivity index is 0.000000245. The largest absolute Gasteiger partial charge is 0.493 e. The maximum atomic E-state index is 13.0. The van der Waals surface area contributed by atoms with Gasteiger partial charge >= 0.3 is 0 Å². The number of aromatic nitrogens is 6. The van der Waals surface area contributed by atoms with E-state index in [0.29, 0.717) is 40.2 Å². The number of pyridine rings is 1. The molecular weight excluding hydrogens is 494 g/mol. The third-order valence-electron chi connectivity index (χ3n) is 6.50. The zero-order chi connectivity index (χ0) is 27.1. The van der Waals surface area contributed by atoms with Crippen LogP contribution in [0.3, 0.4) is 0 Å². The van der Waals surface area contributed by atoms with E-state index in [2.05, 4.69) is 20.1 Å². The number of nitrogens with zero attached hydrogens (tertiary/aromatic N) is 7. The molecule has 1 atom stereocenters. The molecule has 4 aromatic heterocycles. The van der Waals surface area contributed by atoms with Crippen LogP contribution in [0.25, 0.3) is 27.9 Å². The number of fused-ring (bicyclic) bond motifs is 2. The highest BCUT2D eigenvalue weighted by molar-refractivity contribution is 5.89. The molecule has 37 heavy (non-hydrogen) atoms. The lowest BCUT2D eigenvalue weighted by Gasteiger charge is -2.36. The Labute approximate surface area is 209 Å². The molecule has 1 unspecified atom stereocenters. The smallest absolute Gasteiger partial charge is 0.263 e. The molecule has 5 N–H and O–H groups in total. The molecule has 5 heterocycles. The first-order chi connectivity index (χ1) is 17.4. The Morgan fingerprint density at radius 3 is 2.57 bits per heavy atom. The van der Waals surface area contributed by atoms with E-state index in [1.54, 1.807) is 30.9 Å². The van der Waals surface area contributed by atoms with E-state index >= 15 is 0 Å². The summed E-state index contributed by atoms with van der Waals surface area (Å²) in [5, 5.41) is 14.0. The molecule has 0 bridgehead atoms. The van der Waals surface area contributed by atoms with Crippen LogP contribution in [0.1, 0.15) is 26.1 Å². The molecule has 0 aliphatic carbocycles. The highest BCUT2D eigenvalue weighted by Gasteiger charge is 2.41. The molecule has 1 saturated heterocycles. The summed E-state index contributed by atoms with van der Waals surface area (Å²) in [5.74, 6) is -2.70. The number of likely N-dealkylation sites (tertiary alicyclic amines) is 1. The first-order valence-electron chi connectivity index (χ1n) is 11.8. The molecule has 4 aromatic rings. The summed E-state index contributed by atoms with van der Waals surface area (Å²) in [6.45, 7) is 6.19. The van der Waals surface area contributed by atoms with E-state index in [1.807, 2.05) is 6.92 Å². The van der Waals surface area contributed by atoms with Gasteiger partial charge in [-0.1, -0.05) is 13.8 Å². The molecule has 5 rings (SSSR count). The number of halogens is 4. The number of aromatic hydroxyl groups is 1. The van der Waals surface area contributed by atoms with E-state index in [1.165, 1.54) is 10.6 Å². The SMILES string of the molecule is CCN1CCC(C)C(F)(F)C1.Cc1nc2ccc(-c3cc(O)n4nc(N)nc(N)c34)nc2n1CC(F)F. The van der Waals surface area contributed by atoms with Gasteiger partial charge < -0.3 is 21.1 Å². The maximum absolute atomic E-state index is 13.0. The molecule has 0 saturated carbocycles. The van der Waals surface area contributed by atoms with Crippen molar-refractivity contribution in [1.82, 2.24) is 34.0 Å². The zero-order valence-electron chi connectivity index (χ0n) is 20.7. The van der Waals surface area contributed by atoms with Gasteiger partial charge in [-0.25, -0.2) is 27.5 Å². The second-order valence-corrected chi connectivity index (χ2v) is 9.05. The average molecular weight is 524 g/mol. The van der Waals surface area contributed by atoms with Crippen molar-refractivity contribution in [1.29, 1.82) is 0 Å². The molecule has 1 fully saturated rings. The van der Waals surface area contributed by atoms with Gasteiger partial charge in [-0.05, 0) is 38.6 Å². The topological polar surface area (TPSA) is 136 Å². The van der Waals surface area contributed by atoms with Crippen LogP contribution in [0, 0.1) is 12.8 Å². The Morgan fingerprint density at radius 2 is 1.92 bits per heavy atom. The third-order valence-corrected chi connectivity index (χ3v) is 6.50. The number of aryl methyl sites for hydroxylation is 1. The Hall–Kier alpha value is -3.68. The molecule has 0 radical (unpaired) electrons. The van der Waals surface area contributed by atoms with Gasteiger partial charge in [0.05, 0.1) is 18.8 Å². The minimum Gasteiger partial charge on any atom is -0.493 e. The van der Waals surface area contributed by atoms with Crippen LogP contribution in [0.4, 0.5) is 29.3 Å². The van der Waals surface area contributed by atoms with Gasteiger partial charge in [-0.15, -0.1) is 5.10 Å². The van der Waals surface area contributed by atoms with Gasteiger partial charge in [0.25, 0.3) is 12.3 Å². The lowest BCUT2D eigenvalue weighted by molar-refractivity contribution is -0.103. The molecule has 10 nitrogen and oxygen atoms in total. The second-order valence-electron chi connectivity index (χ2n) is 9.05. The molecule has 0 aromatic carbocycles. The van der Waals surface area contributed by atoms with Crippen molar-refractivity contribution in [2.75, 3.05) is 31.1 Å².